The van der Waals surface area contributed by atoms with Crippen molar-refractivity contribution in [2.75, 3.05) is 14.2 Å². The van der Waals surface area contributed by atoms with Gasteiger partial charge in [0.2, 0.25) is 5.91 Å². The van der Waals surface area contributed by atoms with Crippen molar-refractivity contribution in [3.8, 4) is 0 Å². The number of hydrogen-bond acceptors (Lipinski definition) is 10. The Balaban J connectivity index is 1.74. The summed E-state index contributed by atoms with van der Waals surface area (Å²) in [5, 5.41) is 7.96. The Labute approximate surface area is 256 Å². The lowest BCUT2D eigenvalue weighted by molar-refractivity contribution is -0.148. The molecule has 10 nitrogen and oxygen atoms in total. The molecule has 2 heterocycles. The molecule has 0 aliphatic heterocycles. The maximum Gasteiger partial charge on any atom is 0.308 e. The van der Waals surface area contributed by atoms with Crippen molar-refractivity contribution in [1.29, 1.82) is 0 Å². The van der Waals surface area contributed by atoms with Crippen LogP contribution in [0.1, 0.15) is 98.5 Å². The summed E-state index contributed by atoms with van der Waals surface area (Å²) in [6, 6.07) is -0.541. The van der Waals surface area contributed by atoms with Crippen LogP contribution in [-0.4, -0.2) is 64.9 Å². The zero-order valence-electron chi connectivity index (χ0n) is 25.7. The first-order chi connectivity index (χ1) is 19.9. The van der Waals surface area contributed by atoms with Gasteiger partial charge in [-0.3, -0.25) is 19.2 Å². The molecule has 1 fully saturated rings. The minimum atomic E-state index is -0.700. The number of thiazole rings is 2. The summed E-state index contributed by atoms with van der Waals surface area (Å²) in [7, 11) is 3.16. The number of nitrogens with zero attached hydrogens (tertiary/aromatic N) is 3. The molecule has 232 valence electrons. The summed E-state index contributed by atoms with van der Waals surface area (Å²) in [6.07, 6.45) is 4.35. The zero-order chi connectivity index (χ0) is 31.0. The molecule has 0 bridgehead atoms. The third kappa shape index (κ3) is 10.1. The smallest absolute Gasteiger partial charge is 0.308 e. The van der Waals surface area contributed by atoms with Gasteiger partial charge < -0.3 is 19.7 Å². The van der Waals surface area contributed by atoms with Crippen LogP contribution in [0.2, 0.25) is 0 Å². The number of esters is 2. The average Bonchev–Trinajstić information content (AvgIpc) is 3.47. The number of rotatable bonds is 16. The van der Waals surface area contributed by atoms with E-state index in [1.54, 1.807) is 17.2 Å². The van der Waals surface area contributed by atoms with Gasteiger partial charge in [0.1, 0.15) is 10.7 Å². The van der Waals surface area contributed by atoms with E-state index < -0.39 is 18.0 Å². The number of hydrogen-bond donors (Lipinski definition) is 1. The van der Waals surface area contributed by atoms with E-state index in [0.717, 1.165) is 17.1 Å². The van der Waals surface area contributed by atoms with Crippen LogP contribution in [0.4, 0.5) is 0 Å². The summed E-state index contributed by atoms with van der Waals surface area (Å²) >= 11 is 2.75. The van der Waals surface area contributed by atoms with E-state index in [9.17, 15) is 19.2 Å². The predicted molar refractivity (Wildman–Crippen MR) is 162 cm³/mol. The summed E-state index contributed by atoms with van der Waals surface area (Å²) in [5.74, 6) is -0.735. The summed E-state index contributed by atoms with van der Waals surface area (Å²) in [6.45, 7) is 9.10. The molecule has 4 atom stereocenters. The molecule has 42 heavy (non-hydrogen) atoms. The topological polar surface area (TPSA) is 128 Å². The van der Waals surface area contributed by atoms with Gasteiger partial charge in [-0.05, 0) is 31.6 Å². The molecule has 0 aromatic carbocycles. The van der Waals surface area contributed by atoms with Crippen LogP contribution in [0.5, 0.6) is 0 Å². The second kappa shape index (κ2) is 15.6. The average molecular weight is 621 g/mol. The van der Waals surface area contributed by atoms with Crippen molar-refractivity contribution in [2.24, 2.45) is 17.8 Å². The summed E-state index contributed by atoms with van der Waals surface area (Å²) in [5.41, 5.74) is 1.10. The van der Waals surface area contributed by atoms with E-state index in [-0.39, 0.29) is 41.5 Å². The number of ether oxygens (including phenoxy) is 2. The number of methoxy groups -OCH3 is 1. The van der Waals surface area contributed by atoms with Gasteiger partial charge in [-0.1, -0.05) is 33.6 Å². The first-order valence-electron chi connectivity index (χ1n) is 14.6. The lowest BCUT2D eigenvalue weighted by Gasteiger charge is -2.33. The molecule has 2 amide bonds. The SMILES string of the molecule is COC(=O)[C@@H](C)C[C@H](Cc1nc(C)cs1)NC(=O)c1csc([C@@H](CC(C(C)C)N(C)C(=O)CCC2CC2)OC(C)=O)n1. The van der Waals surface area contributed by atoms with E-state index in [0.29, 0.717) is 36.6 Å². The molecule has 1 aliphatic rings. The number of amides is 2. The van der Waals surface area contributed by atoms with Crippen LogP contribution in [0, 0.1) is 24.7 Å². The fourth-order valence-electron chi connectivity index (χ4n) is 5.02. The van der Waals surface area contributed by atoms with E-state index in [1.165, 1.54) is 49.5 Å². The maximum atomic E-state index is 13.3. The van der Waals surface area contributed by atoms with Crippen molar-refractivity contribution >= 4 is 46.4 Å². The van der Waals surface area contributed by atoms with Crippen molar-refractivity contribution in [3.63, 3.8) is 0 Å². The Hall–Kier alpha value is -2.86. The molecule has 2 aromatic heterocycles. The molecule has 0 radical (unpaired) electrons. The summed E-state index contributed by atoms with van der Waals surface area (Å²) in [4.78, 5) is 61.3. The second-order valence-electron chi connectivity index (χ2n) is 11.6. The number of carbonyl (C=O) groups is 4. The van der Waals surface area contributed by atoms with Crippen LogP contribution in [0.3, 0.4) is 0 Å². The lowest BCUT2D eigenvalue weighted by Crippen LogP contribution is -2.41. The van der Waals surface area contributed by atoms with Crippen LogP contribution in [0.25, 0.3) is 0 Å². The third-order valence-electron chi connectivity index (χ3n) is 7.58. The normalized spacial score (nSPS) is 15.9. The van der Waals surface area contributed by atoms with Gasteiger partial charge in [0.15, 0.2) is 6.10 Å². The Morgan fingerprint density at radius 2 is 1.81 bits per heavy atom. The fourth-order valence-corrected chi connectivity index (χ4v) is 6.71. The molecular weight excluding hydrogens is 576 g/mol. The van der Waals surface area contributed by atoms with Crippen molar-refractivity contribution < 1.29 is 28.7 Å². The van der Waals surface area contributed by atoms with Crippen LogP contribution < -0.4 is 5.32 Å². The molecule has 3 rings (SSSR count). The highest BCUT2D eigenvalue weighted by Gasteiger charge is 2.32. The summed E-state index contributed by atoms with van der Waals surface area (Å²) < 4.78 is 10.6. The van der Waals surface area contributed by atoms with E-state index >= 15 is 0 Å². The second-order valence-corrected chi connectivity index (χ2v) is 13.5. The van der Waals surface area contributed by atoms with Crippen molar-refractivity contribution in [2.45, 2.75) is 97.8 Å². The quantitative estimate of drug-likeness (QED) is 0.256. The molecule has 12 heteroatoms. The van der Waals surface area contributed by atoms with Gasteiger partial charge in [0, 0.05) is 61.8 Å². The van der Waals surface area contributed by atoms with Gasteiger partial charge in [-0.2, -0.15) is 0 Å². The van der Waals surface area contributed by atoms with Gasteiger partial charge in [0.25, 0.3) is 5.91 Å². The molecule has 1 saturated carbocycles. The minimum Gasteiger partial charge on any atom is -0.469 e. The number of carbonyl (C=O) groups excluding carboxylic acids is 4. The third-order valence-corrected chi connectivity index (χ3v) is 9.51. The highest BCUT2D eigenvalue weighted by Crippen LogP contribution is 2.34. The number of aromatic nitrogens is 2. The van der Waals surface area contributed by atoms with Gasteiger partial charge in [-0.15, -0.1) is 22.7 Å². The fraction of sp³-hybridized carbons (Fsp3) is 0.667. The minimum absolute atomic E-state index is 0.0871. The van der Waals surface area contributed by atoms with Gasteiger partial charge in [0.05, 0.1) is 18.0 Å². The van der Waals surface area contributed by atoms with Crippen LogP contribution in [-0.2, 0) is 30.3 Å². The molecular formula is C30H44N4O6S2. The van der Waals surface area contributed by atoms with E-state index in [2.05, 4.69) is 15.3 Å². The largest absolute Gasteiger partial charge is 0.469 e. The predicted octanol–water partition coefficient (Wildman–Crippen LogP) is 5.12. The number of nitrogens with one attached hydrogen (secondary N) is 1. The highest BCUT2D eigenvalue weighted by molar-refractivity contribution is 7.10. The first kappa shape index (κ1) is 33.6. The van der Waals surface area contributed by atoms with Crippen LogP contribution >= 0.6 is 22.7 Å². The van der Waals surface area contributed by atoms with Crippen molar-refractivity contribution in [3.05, 3.63) is 32.2 Å². The molecule has 1 unspecified atom stereocenters. The van der Waals surface area contributed by atoms with Gasteiger partial charge >= 0.3 is 11.9 Å². The monoisotopic (exact) mass is 620 g/mol. The van der Waals surface area contributed by atoms with E-state index in [4.69, 9.17) is 9.47 Å². The molecule has 0 saturated heterocycles. The van der Waals surface area contributed by atoms with Crippen LogP contribution in [0.15, 0.2) is 10.8 Å². The Morgan fingerprint density at radius 3 is 2.38 bits per heavy atom. The zero-order valence-corrected chi connectivity index (χ0v) is 27.3. The van der Waals surface area contributed by atoms with Crippen molar-refractivity contribution in [1.82, 2.24) is 20.2 Å². The highest BCUT2D eigenvalue weighted by atomic mass is 32.1. The molecule has 0 spiro atoms. The Bertz CT molecular complexity index is 1220. The molecule has 1 aliphatic carbocycles. The first-order valence-corrected chi connectivity index (χ1v) is 16.3. The lowest BCUT2D eigenvalue weighted by atomic mass is 9.96. The standard InChI is InChI=1S/C30H44N4O6S2/c1-17(2)24(34(6)27(36)11-10-21-8-9-21)14-25(40-20(5)35)29-33-23(16-42-29)28(37)32-22(12-18(3)30(38)39-7)13-26-31-19(4)15-41-26/h15-18,21-22,24-25H,8-14H2,1-7H3,(H,32,37)/t18-,22+,24?,25+/m0/s1. The Morgan fingerprint density at radius 1 is 1.10 bits per heavy atom. The molecule has 2 aromatic rings. The molecule has 1 N–H and O–H groups in total. The van der Waals surface area contributed by atoms with E-state index in [1.807, 2.05) is 33.2 Å². The number of aryl methyl sites for hydroxylation is 1. The van der Waals surface area contributed by atoms with Gasteiger partial charge in [-0.25, -0.2) is 9.97 Å². The maximum absolute atomic E-state index is 13.3. The Kier molecular flexibility index (Phi) is 12.5.